The zero-order valence-electron chi connectivity index (χ0n) is 11.3. The molecular weight excluding hydrogens is 254 g/mol. The molecule has 0 saturated carbocycles. The van der Waals surface area contributed by atoms with E-state index in [4.69, 9.17) is 10.2 Å². The Morgan fingerprint density at radius 1 is 1.16 bits per heavy atom. The number of carbonyl (C=O) groups excluding carboxylic acids is 1. The van der Waals surface area contributed by atoms with Crippen molar-refractivity contribution in [3.8, 4) is 0 Å². The highest BCUT2D eigenvalue weighted by atomic mass is 16.4. The van der Waals surface area contributed by atoms with Crippen LogP contribution in [-0.4, -0.2) is 65.8 Å². The van der Waals surface area contributed by atoms with Gasteiger partial charge in [-0.15, -0.1) is 0 Å². The maximum Gasteiger partial charge on any atom is 0.326 e. The van der Waals surface area contributed by atoms with Crippen LogP contribution in [0.25, 0.3) is 0 Å². The molecule has 19 heavy (non-hydrogen) atoms. The number of carboxylic acids is 2. The molecule has 0 aliphatic carbocycles. The highest BCUT2D eigenvalue weighted by molar-refractivity contribution is 5.86. The fraction of sp³-hybridized carbons (Fsp3) is 0.727. The number of nitrogens with zero attached hydrogens (tertiary/aromatic N) is 1. The quantitative estimate of drug-likeness (QED) is 0.476. The van der Waals surface area contributed by atoms with E-state index in [2.05, 4.69) is 10.6 Å². The van der Waals surface area contributed by atoms with Gasteiger partial charge in [0.25, 0.3) is 0 Å². The first-order chi connectivity index (χ1) is 8.72. The van der Waals surface area contributed by atoms with E-state index in [0.29, 0.717) is 6.42 Å². The van der Waals surface area contributed by atoms with E-state index in [1.807, 2.05) is 19.0 Å². The van der Waals surface area contributed by atoms with Gasteiger partial charge in [0, 0.05) is 6.04 Å². The summed E-state index contributed by atoms with van der Waals surface area (Å²) in [5, 5.41) is 22.0. The predicted octanol–water partition coefficient (Wildman–Crippen LogP) is -0.446. The van der Waals surface area contributed by atoms with Gasteiger partial charge in [0.15, 0.2) is 0 Å². The van der Waals surface area contributed by atoms with Crippen LogP contribution < -0.4 is 10.6 Å². The lowest BCUT2D eigenvalue weighted by Crippen LogP contribution is -2.49. The number of aliphatic carboxylic acids is 2. The van der Waals surface area contributed by atoms with Gasteiger partial charge in [0.2, 0.25) is 0 Å². The highest BCUT2D eigenvalue weighted by Gasteiger charge is 2.23. The molecule has 2 amide bonds. The third-order valence-electron chi connectivity index (χ3n) is 2.37. The van der Waals surface area contributed by atoms with E-state index in [0.717, 1.165) is 6.54 Å². The van der Waals surface area contributed by atoms with Crippen molar-refractivity contribution < 1.29 is 24.6 Å². The first kappa shape index (κ1) is 17.2. The summed E-state index contributed by atoms with van der Waals surface area (Å²) in [5.74, 6) is -2.66. The van der Waals surface area contributed by atoms with Crippen molar-refractivity contribution in [1.29, 1.82) is 0 Å². The molecule has 0 rings (SSSR count). The molecule has 8 heteroatoms. The summed E-state index contributed by atoms with van der Waals surface area (Å²) >= 11 is 0. The fourth-order valence-corrected chi connectivity index (χ4v) is 1.32. The number of nitrogens with one attached hydrogen (secondary N) is 2. The first-order valence-corrected chi connectivity index (χ1v) is 5.88. The predicted molar refractivity (Wildman–Crippen MR) is 68.0 cm³/mol. The summed E-state index contributed by atoms with van der Waals surface area (Å²) in [7, 11) is 3.81. The molecule has 8 nitrogen and oxygen atoms in total. The molecule has 0 aromatic carbocycles. The van der Waals surface area contributed by atoms with Crippen LogP contribution in [0.2, 0.25) is 0 Å². The second-order valence-electron chi connectivity index (χ2n) is 4.60. The van der Waals surface area contributed by atoms with Crippen LogP contribution in [0.4, 0.5) is 4.79 Å². The van der Waals surface area contributed by atoms with Gasteiger partial charge in [0.05, 0.1) is 6.42 Å². The Hall–Kier alpha value is -1.83. The molecule has 0 aliphatic rings. The monoisotopic (exact) mass is 275 g/mol. The third kappa shape index (κ3) is 8.83. The van der Waals surface area contributed by atoms with Gasteiger partial charge in [-0.3, -0.25) is 4.79 Å². The van der Waals surface area contributed by atoms with Crippen molar-refractivity contribution in [3.63, 3.8) is 0 Å². The smallest absolute Gasteiger partial charge is 0.326 e. The van der Waals surface area contributed by atoms with Crippen LogP contribution >= 0.6 is 0 Å². The molecule has 0 aliphatic heterocycles. The highest BCUT2D eigenvalue weighted by Crippen LogP contribution is 1.95. The van der Waals surface area contributed by atoms with E-state index in [1.54, 1.807) is 6.92 Å². The van der Waals surface area contributed by atoms with Crippen LogP contribution in [0.15, 0.2) is 0 Å². The van der Waals surface area contributed by atoms with Gasteiger partial charge in [-0.05, 0) is 34.0 Å². The minimum absolute atomic E-state index is 0.137. The van der Waals surface area contributed by atoms with Gasteiger partial charge in [-0.2, -0.15) is 0 Å². The van der Waals surface area contributed by atoms with Gasteiger partial charge in [-0.25, -0.2) is 9.59 Å². The number of carbonyl (C=O) groups is 3. The molecule has 0 aromatic rings. The maximum absolute atomic E-state index is 11.5. The summed E-state index contributed by atoms with van der Waals surface area (Å²) in [6.07, 6.45) is 0.0475. The fourth-order valence-electron chi connectivity index (χ4n) is 1.32. The molecule has 0 radical (unpaired) electrons. The number of hydrogen-bond acceptors (Lipinski definition) is 4. The van der Waals surface area contributed by atoms with Crippen molar-refractivity contribution in [2.45, 2.75) is 31.8 Å². The summed E-state index contributed by atoms with van der Waals surface area (Å²) < 4.78 is 0. The van der Waals surface area contributed by atoms with Crippen molar-refractivity contribution in [2.24, 2.45) is 0 Å². The summed E-state index contributed by atoms with van der Waals surface area (Å²) in [5.41, 5.74) is 0. The average Bonchev–Trinajstić information content (AvgIpc) is 2.24. The molecule has 0 saturated heterocycles. The zero-order valence-corrected chi connectivity index (χ0v) is 11.3. The van der Waals surface area contributed by atoms with Gasteiger partial charge >= 0.3 is 18.0 Å². The molecule has 110 valence electrons. The Kier molecular flexibility index (Phi) is 7.50. The average molecular weight is 275 g/mol. The molecule has 4 N–H and O–H groups in total. The van der Waals surface area contributed by atoms with Gasteiger partial charge < -0.3 is 25.7 Å². The number of rotatable bonds is 8. The molecule has 2 unspecified atom stereocenters. The van der Waals surface area contributed by atoms with E-state index < -0.39 is 30.4 Å². The standard InChI is InChI=1S/C11H21N3O5/c1-7(4-5-14(2)3)12-11(19)13-8(10(17)18)6-9(15)16/h7-8H,4-6H2,1-3H3,(H,15,16)(H,17,18)(H2,12,13,19). The summed E-state index contributed by atoms with van der Waals surface area (Å²) in [6.45, 7) is 2.56. The molecular formula is C11H21N3O5. The third-order valence-corrected chi connectivity index (χ3v) is 2.37. The van der Waals surface area contributed by atoms with Crippen LogP contribution in [0.1, 0.15) is 19.8 Å². The molecule has 0 aromatic heterocycles. The first-order valence-electron chi connectivity index (χ1n) is 5.88. The van der Waals surface area contributed by atoms with Crippen LogP contribution in [0, 0.1) is 0 Å². The summed E-state index contributed by atoms with van der Waals surface area (Å²) in [6, 6.07) is -2.25. The Labute approximate surface area is 111 Å². The number of amides is 2. The Balaban J connectivity index is 4.18. The van der Waals surface area contributed by atoms with Crippen molar-refractivity contribution >= 4 is 18.0 Å². The second-order valence-corrected chi connectivity index (χ2v) is 4.60. The van der Waals surface area contributed by atoms with Crippen LogP contribution in [0.3, 0.4) is 0 Å². The number of carboxylic acid groups (broad SMARTS) is 2. The normalized spacial score (nSPS) is 13.7. The molecule has 0 spiro atoms. The number of urea groups is 1. The lowest BCUT2D eigenvalue weighted by Gasteiger charge is -2.19. The van der Waals surface area contributed by atoms with Crippen LogP contribution in [0.5, 0.6) is 0 Å². The maximum atomic E-state index is 11.5. The van der Waals surface area contributed by atoms with E-state index in [9.17, 15) is 14.4 Å². The number of hydrogen-bond donors (Lipinski definition) is 4. The lowest BCUT2D eigenvalue weighted by molar-refractivity contribution is -0.145. The van der Waals surface area contributed by atoms with Gasteiger partial charge in [0.1, 0.15) is 6.04 Å². The van der Waals surface area contributed by atoms with Crippen molar-refractivity contribution in [3.05, 3.63) is 0 Å². The Bertz CT molecular complexity index is 332. The van der Waals surface area contributed by atoms with E-state index in [-0.39, 0.29) is 6.04 Å². The lowest BCUT2D eigenvalue weighted by atomic mass is 10.2. The van der Waals surface area contributed by atoms with Crippen LogP contribution in [-0.2, 0) is 9.59 Å². The Morgan fingerprint density at radius 2 is 1.74 bits per heavy atom. The summed E-state index contributed by atoms with van der Waals surface area (Å²) in [4.78, 5) is 34.7. The Morgan fingerprint density at radius 3 is 2.16 bits per heavy atom. The van der Waals surface area contributed by atoms with E-state index in [1.165, 1.54) is 0 Å². The van der Waals surface area contributed by atoms with Gasteiger partial charge in [-0.1, -0.05) is 0 Å². The molecule has 0 fully saturated rings. The van der Waals surface area contributed by atoms with Crippen molar-refractivity contribution in [2.75, 3.05) is 20.6 Å². The molecule has 0 bridgehead atoms. The molecule has 2 atom stereocenters. The SMILES string of the molecule is CC(CCN(C)C)NC(=O)NC(CC(=O)O)C(=O)O. The zero-order chi connectivity index (χ0) is 15.0. The minimum Gasteiger partial charge on any atom is -0.481 e. The van der Waals surface area contributed by atoms with Crippen molar-refractivity contribution in [1.82, 2.24) is 15.5 Å². The van der Waals surface area contributed by atoms with E-state index >= 15 is 0 Å². The minimum atomic E-state index is -1.43. The topological polar surface area (TPSA) is 119 Å². The largest absolute Gasteiger partial charge is 0.481 e. The molecule has 0 heterocycles. The second kappa shape index (κ2) is 8.30.